The van der Waals surface area contributed by atoms with E-state index in [2.05, 4.69) is 42.5 Å². The van der Waals surface area contributed by atoms with Crippen molar-refractivity contribution in [3.8, 4) is 11.8 Å². The van der Waals surface area contributed by atoms with E-state index in [1.165, 1.54) is 17.6 Å². The fraction of sp³-hybridized carbons (Fsp3) is 0.320. The molecule has 0 saturated carbocycles. The summed E-state index contributed by atoms with van der Waals surface area (Å²) in [5, 5.41) is 21.3. The van der Waals surface area contributed by atoms with Crippen LogP contribution in [0, 0.1) is 29.1 Å². The van der Waals surface area contributed by atoms with Gasteiger partial charge in [-0.05, 0) is 71.4 Å². The summed E-state index contributed by atoms with van der Waals surface area (Å²) in [6, 6.07) is 14.2. The molecule has 0 bridgehead atoms. The lowest BCUT2D eigenvalue weighted by molar-refractivity contribution is -0.0177. The van der Waals surface area contributed by atoms with Crippen molar-refractivity contribution in [2.45, 2.75) is 25.4 Å². The second-order valence-corrected chi connectivity index (χ2v) is 8.05. The summed E-state index contributed by atoms with van der Waals surface area (Å²) in [6.45, 7) is 0.851. The zero-order valence-corrected chi connectivity index (χ0v) is 15.7. The minimum absolute atomic E-state index is 0.213. The molecule has 0 radical (unpaired) electrons. The van der Waals surface area contributed by atoms with E-state index in [1.54, 1.807) is 12.1 Å². The zero-order chi connectivity index (χ0) is 19.1. The molecule has 2 aromatic rings. The summed E-state index contributed by atoms with van der Waals surface area (Å²) >= 11 is 0. The lowest BCUT2D eigenvalue weighted by atomic mass is 9.77. The monoisotopic (exact) mass is 369 g/mol. The van der Waals surface area contributed by atoms with Crippen LogP contribution in [0.1, 0.15) is 24.8 Å². The van der Waals surface area contributed by atoms with E-state index < -0.39 is 0 Å². The van der Waals surface area contributed by atoms with Gasteiger partial charge in [0.25, 0.3) is 0 Å². The van der Waals surface area contributed by atoms with E-state index in [0.717, 1.165) is 35.8 Å². The molecule has 140 valence electrons. The molecule has 0 aromatic heterocycles. The molecule has 1 N–H and O–H groups in total. The Hall–Kier alpha value is -2.83. The fourth-order valence-corrected chi connectivity index (χ4v) is 4.99. The van der Waals surface area contributed by atoms with Crippen molar-refractivity contribution in [1.82, 2.24) is 0 Å². The maximum Gasteiger partial charge on any atom is 0.116 e. The molecule has 1 fully saturated rings. The van der Waals surface area contributed by atoms with Gasteiger partial charge in [-0.25, -0.2) is 0 Å². The third-order valence-electron chi connectivity index (χ3n) is 6.38. The number of ether oxygens (including phenoxy) is 1. The van der Waals surface area contributed by atoms with E-state index in [4.69, 9.17) is 4.74 Å². The number of nitrogens with zero attached hydrogens (tertiary/aromatic N) is 1. The minimum Gasteiger partial charge on any atom is -0.508 e. The van der Waals surface area contributed by atoms with E-state index in [9.17, 15) is 10.4 Å². The van der Waals surface area contributed by atoms with Crippen molar-refractivity contribution in [1.29, 1.82) is 5.26 Å². The number of benzene rings is 2. The van der Waals surface area contributed by atoms with E-state index >= 15 is 0 Å². The van der Waals surface area contributed by atoms with Crippen LogP contribution in [-0.2, 0) is 4.74 Å². The average molecular weight is 369 g/mol. The van der Waals surface area contributed by atoms with Crippen molar-refractivity contribution in [3.63, 3.8) is 0 Å². The third kappa shape index (κ3) is 2.95. The summed E-state index contributed by atoms with van der Waals surface area (Å²) in [5.41, 5.74) is 3.22. The molecular formula is C25H23NO2. The Morgan fingerprint density at radius 2 is 1.86 bits per heavy atom. The van der Waals surface area contributed by atoms with Gasteiger partial charge in [-0.3, -0.25) is 0 Å². The third-order valence-corrected chi connectivity index (χ3v) is 6.38. The van der Waals surface area contributed by atoms with E-state index in [1.807, 2.05) is 12.1 Å². The molecule has 3 heteroatoms. The molecule has 4 unspecified atom stereocenters. The number of phenols is 1. The van der Waals surface area contributed by atoms with Crippen molar-refractivity contribution >= 4 is 16.3 Å². The second-order valence-electron chi connectivity index (χ2n) is 8.05. The SMILES string of the molecule is N#CC1=CC2C(c3ccc4cc(O)ccc4c3)=CC(C3CCCCO3)C2C=C1. The molecule has 0 amide bonds. The Labute approximate surface area is 165 Å². The lowest BCUT2D eigenvalue weighted by Gasteiger charge is -2.32. The van der Waals surface area contributed by atoms with Gasteiger partial charge in [-0.2, -0.15) is 5.26 Å². The predicted molar refractivity (Wildman–Crippen MR) is 110 cm³/mol. The van der Waals surface area contributed by atoms with Crippen LogP contribution in [0.4, 0.5) is 0 Å². The van der Waals surface area contributed by atoms with Gasteiger partial charge in [0.1, 0.15) is 5.75 Å². The van der Waals surface area contributed by atoms with Crippen LogP contribution in [-0.4, -0.2) is 17.8 Å². The first-order valence-corrected chi connectivity index (χ1v) is 10.1. The van der Waals surface area contributed by atoms with Crippen molar-refractivity contribution in [3.05, 3.63) is 71.8 Å². The number of fused-ring (bicyclic) bond motifs is 2. The highest BCUT2D eigenvalue weighted by atomic mass is 16.5. The molecule has 4 atom stereocenters. The first-order chi connectivity index (χ1) is 13.7. The molecule has 2 aliphatic carbocycles. The van der Waals surface area contributed by atoms with Gasteiger partial charge in [-0.15, -0.1) is 0 Å². The number of phenolic OH excluding ortho intramolecular Hbond substituents is 1. The minimum atomic E-state index is 0.213. The van der Waals surface area contributed by atoms with Gasteiger partial charge < -0.3 is 9.84 Å². The summed E-state index contributed by atoms with van der Waals surface area (Å²) in [7, 11) is 0. The van der Waals surface area contributed by atoms with E-state index in [0.29, 0.717) is 11.8 Å². The van der Waals surface area contributed by atoms with Crippen LogP contribution >= 0.6 is 0 Å². The Bertz CT molecular complexity index is 1050. The Morgan fingerprint density at radius 3 is 2.68 bits per heavy atom. The van der Waals surface area contributed by atoms with Gasteiger partial charge in [0.15, 0.2) is 0 Å². The quantitative estimate of drug-likeness (QED) is 0.773. The standard InChI is InChI=1S/C25H23NO2/c26-15-16-4-9-21-23(11-16)22(14-24(21)25-3-1-2-10-28-25)19-6-5-18-13-20(27)8-7-17(18)12-19/h4-9,11-14,21,23-25,27H,1-3,10H2. The summed E-state index contributed by atoms with van der Waals surface area (Å²) in [4.78, 5) is 0. The molecule has 1 saturated heterocycles. The van der Waals surface area contributed by atoms with Gasteiger partial charge in [-0.1, -0.05) is 36.4 Å². The molecule has 3 aliphatic rings. The Balaban J connectivity index is 1.57. The highest BCUT2D eigenvalue weighted by Gasteiger charge is 2.41. The summed E-state index contributed by atoms with van der Waals surface area (Å²) in [6.07, 6.45) is 12.5. The average Bonchev–Trinajstić information content (AvgIpc) is 3.12. The van der Waals surface area contributed by atoms with Gasteiger partial charge in [0.2, 0.25) is 0 Å². The number of rotatable bonds is 2. The number of hydrogen-bond donors (Lipinski definition) is 1. The van der Waals surface area contributed by atoms with Crippen LogP contribution in [0.15, 0.2) is 66.3 Å². The van der Waals surface area contributed by atoms with Crippen LogP contribution in [0.5, 0.6) is 5.75 Å². The molecule has 1 heterocycles. The molecule has 5 rings (SSSR count). The maximum atomic E-state index is 9.73. The Morgan fingerprint density at radius 1 is 1.00 bits per heavy atom. The molecule has 2 aromatic carbocycles. The molecule has 0 spiro atoms. The summed E-state index contributed by atoms with van der Waals surface area (Å²) in [5.74, 6) is 1.20. The summed E-state index contributed by atoms with van der Waals surface area (Å²) < 4.78 is 6.14. The first kappa shape index (κ1) is 17.3. The molecule has 3 nitrogen and oxygen atoms in total. The predicted octanol–water partition coefficient (Wildman–Crippen LogP) is 5.38. The number of allylic oxidation sites excluding steroid dienone is 5. The highest BCUT2D eigenvalue weighted by molar-refractivity contribution is 5.88. The molecular weight excluding hydrogens is 346 g/mol. The number of aromatic hydroxyl groups is 1. The molecule has 1 aliphatic heterocycles. The topological polar surface area (TPSA) is 53.2 Å². The highest BCUT2D eigenvalue weighted by Crippen LogP contribution is 2.48. The largest absolute Gasteiger partial charge is 0.508 e. The number of nitriles is 1. The van der Waals surface area contributed by atoms with Gasteiger partial charge >= 0.3 is 0 Å². The van der Waals surface area contributed by atoms with Gasteiger partial charge in [0, 0.05) is 24.0 Å². The second kappa shape index (κ2) is 6.96. The van der Waals surface area contributed by atoms with Crippen LogP contribution in [0.2, 0.25) is 0 Å². The Kier molecular flexibility index (Phi) is 4.30. The normalized spacial score (nSPS) is 29.1. The van der Waals surface area contributed by atoms with Crippen LogP contribution < -0.4 is 0 Å². The fourth-order valence-electron chi connectivity index (χ4n) is 4.99. The van der Waals surface area contributed by atoms with Crippen LogP contribution in [0.25, 0.3) is 16.3 Å². The lowest BCUT2D eigenvalue weighted by Crippen LogP contribution is -2.31. The van der Waals surface area contributed by atoms with Crippen molar-refractivity contribution in [2.75, 3.05) is 6.61 Å². The van der Waals surface area contributed by atoms with Crippen LogP contribution in [0.3, 0.4) is 0 Å². The zero-order valence-electron chi connectivity index (χ0n) is 15.7. The maximum absolute atomic E-state index is 9.73. The number of hydrogen-bond acceptors (Lipinski definition) is 3. The van der Waals surface area contributed by atoms with E-state index in [-0.39, 0.29) is 17.8 Å². The van der Waals surface area contributed by atoms with Crippen molar-refractivity contribution in [2.24, 2.45) is 17.8 Å². The molecule has 28 heavy (non-hydrogen) atoms. The van der Waals surface area contributed by atoms with Crippen molar-refractivity contribution < 1.29 is 9.84 Å². The smallest absolute Gasteiger partial charge is 0.116 e. The first-order valence-electron chi connectivity index (χ1n) is 10.1. The van der Waals surface area contributed by atoms with Gasteiger partial charge in [0.05, 0.1) is 12.2 Å².